The Morgan fingerprint density at radius 1 is 1.64 bits per heavy atom. The Hall–Kier alpha value is -0.850. The van der Waals surface area contributed by atoms with Crippen molar-refractivity contribution in [3.05, 3.63) is 24.3 Å². The molecule has 62 valence electrons. The molecule has 0 aromatic carbocycles. The second kappa shape index (κ2) is 5.90. The van der Waals surface area contributed by atoms with E-state index in [0.717, 1.165) is 24.8 Å². The first-order valence-electron chi connectivity index (χ1n) is 3.99. The zero-order valence-corrected chi connectivity index (χ0v) is 7.39. The van der Waals surface area contributed by atoms with E-state index < -0.39 is 0 Å². The molecule has 0 bridgehead atoms. The zero-order chi connectivity index (χ0) is 8.69. The summed E-state index contributed by atoms with van der Waals surface area (Å²) >= 11 is 0. The number of carbonyl (C=O) groups is 1. The molecule has 0 aromatic rings. The SMILES string of the molecule is C=CC.CC1=CCCCC1=O. The molecule has 0 unspecified atom stereocenters. The summed E-state index contributed by atoms with van der Waals surface area (Å²) in [5.74, 6) is 0.330. The molecule has 0 N–H and O–H groups in total. The van der Waals surface area contributed by atoms with Crippen molar-refractivity contribution >= 4 is 5.78 Å². The van der Waals surface area contributed by atoms with Gasteiger partial charge < -0.3 is 0 Å². The van der Waals surface area contributed by atoms with E-state index in [0.29, 0.717) is 5.78 Å². The van der Waals surface area contributed by atoms with Gasteiger partial charge in [0.2, 0.25) is 0 Å². The number of rotatable bonds is 0. The zero-order valence-electron chi connectivity index (χ0n) is 7.39. The van der Waals surface area contributed by atoms with Crippen LogP contribution in [0.25, 0.3) is 0 Å². The summed E-state index contributed by atoms with van der Waals surface area (Å²) in [5, 5.41) is 0. The molecular formula is C10H16O. The van der Waals surface area contributed by atoms with E-state index in [9.17, 15) is 4.79 Å². The normalized spacial score (nSPS) is 16.2. The van der Waals surface area contributed by atoms with Crippen LogP contribution in [0.3, 0.4) is 0 Å². The lowest BCUT2D eigenvalue weighted by Crippen LogP contribution is -2.02. The van der Waals surface area contributed by atoms with Crippen LogP contribution in [-0.4, -0.2) is 5.78 Å². The standard InChI is InChI=1S/C7H10O.C3H6/c1-6-4-2-3-5-7(6)8;1-3-2/h4H,2-3,5H2,1H3;3H,1H2,2H3. The molecule has 0 saturated carbocycles. The van der Waals surface area contributed by atoms with Crippen LogP contribution >= 0.6 is 0 Å². The van der Waals surface area contributed by atoms with Crippen LogP contribution in [0.15, 0.2) is 24.3 Å². The summed E-state index contributed by atoms with van der Waals surface area (Å²) in [5.41, 5.74) is 0.955. The number of Topliss-reactive ketones (excluding diaryl/α,β-unsaturated/α-hetero) is 1. The smallest absolute Gasteiger partial charge is 0.158 e. The maximum atomic E-state index is 10.7. The van der Waals surface area contributed by atoms with Gasteiger partial charge in [-0.1, -0.05) is 12.2 Å². The van der Waals surface area contributed by atoms with Crippen LogP contribution in [0.5, 0.6) is 0 Å². The fraction of sp³-hybridized carbons (Fsp3) is 0.500. The lowest BCUT2D eigenvalue weighted by molar-refractivity contribution is -0.115. The first kappa shape index (κ1) is 10.2. The van der Waals surface area contributed by atoms with E-state index >= 15 is 0 Å². The van der Waals surface area contributed by atoms with Gasteiger partial charge in [-0.2, -0.15) is 0 Å². The Morgan fingerprint density at radius 3 is 2.45 bits per heavy atom. The van der Waals surface area contributed by atoms with E-state index in [-0.39, 0.29) is 0 Å². The molecule has 1 aliphatic rings. The lowest BCUT2D eigenvalue weighted by atomic mass is 10.00. The average molecular weight is 152 g/mol. The van der Waals surface area contributed by atoms with Gasteiger partial charge in [0.25, 0.3) is 0 Å². The van der Waals surface area contributed by atoms with Gasteiger partial charge in [0.1, 0.15) is 0 Å². The highest BCUT2D eigenvalue weighted by Crippen LogP contribution is 2.12. The lowest BCUT2D eigenvalue weighted by Gasteiger charge is -2.04. The molecule has 0 aliphatic heterocycles. The molecule has 0 atom stereocenters. The molecule has 0 aromatic heterocycles. The van der Waals surface area contributed by atoms with Crippen molar-refractivity contribution in [3.63, 3.8) is 0 Å². The number of hydrogen-bond donors (Lipinski definition) is 0. The Labute approximate surface area is 68.8 Å². The number of carbonyl (C=O) groups excluding carboxylic acids is 1. The van der Waals surface area contributed by atoms with Crippen molar-refractivity contribution in [2.45, 2.75) is 33.1 Å². The molecule has 0 fully saturated rings. The highest BCUT2D eigenvalue weighted by molar-refractivity contribution is 5.95. The maximum Gasteiger partial charge on any atom is 0.158 e. The minimum absolute atomic E-state index is 0.330. The van der Waals surface area contributed by atoms with Crippen LogP contribution in [0.4, 0.5) is 0 Å². The maximum absolute atomic E-state index is 10.7. The van der Waals surface area contributed by atoms with Crippen molar-refractivity contribution in [2.75, 3.05) is 0 Å². The summed E-state index contributed by atoms with van der Waals surface area (Å²) < 4.78 is 0. The monoisotopic (exact) mass is 152 g/mol. The molecule has 0 heterocycles. The molecule has 0 radical (unpaired) electrons. The van der Waals surface area contributed by atoms with Gasteiger partial charge in [-0.15, -0.1) is 6.58 Å². The summed E-state index contributed by atoms with van der Waals surface area (Å²) in [6.45, 7) is 7.14. The molecule has 1 aliphatic carbocycles. The predicted octanol–water partition coefficient (Wildman–Crippen LogP) is 2.88. The Morgan fingerprint density at radius 2 is 2.18 bits per heavy atom. The third-order valence-electron chi connectivity index (χ3n) is 1.50. The minimum Gasteiger partial charge on any atom is -0.295 e. The number of allylic oxidation sites excluding steroid dienone is 3. The van der Waals surface area contributed by atoms with Crippen LogP contribution in [0.1, 0.15) is 33.1 Å². The molecule has 0 saturated heterocycles. The average Bonchev–Trinajstić information content (AvgIpc) is 1.97. The minimum atomic E-state index is 0.330. The van der Waals surface area contributed by atoms with E-state index in [1.54, 1.807) is 6.08 Å². The van der Waals surface area contributed by atoms with Crippen LogP contribution in [-0.2, 0) is 4.79 Å². The van der Waals surface area contributed by atoms with E-state index in [2.05, 4.69) is 6.58 Å². The van der Waals surface area contributed by atoms with E-state index in [4.69, 9.17) is 0 Å². The fourth-order valence-electron chi connectivity index (χ4n) is 0.892. The highest BCUT2D eigenvalue weighted by Gasteiger charge is 2.06. The van der Waals surface area contributed by atoms with Crippen molar-refractivity contribution in [1.29, 1.82) is 0 Å². The summed E-state index contributed by atoms with van der Waals surface area (Å²) in [6.07, 6.45) is 6.68. The van der Waals surface area contributed by atoms with Crippen LogP contribution < -0.4 is 0 Å². The van der Waals surface area contributed by atoms with Crippen LogP contribution in [0.2, 0.25) is 0 Å². The molecule has 0 spiro atoms. The van der Waals surface area contributed by atoms with Gasteiger partial charge in [-0.3, -0.25) is 4.79 Å². The molecule has 11 heavy (non-hydrogen) atoms. The topological polar surface area (TPSA) is 17.1 Å². The first-order chi connectivity index (χ1) is 5.22. The second-order valence-corrected chi connectivity index (χ2v) is 2.61. The fourth-order valence-corrected chi connectivity index (χ4v) is 0.892. The molecule has 1 heteroatoms. The molecule has 1 rings (SSSR count). The second-order valence-electron chi connectivity index (χ2n) is 2.61. The number of ketones is 1. The van der Waals surface area contributed by atoms with Crippen LogP contribution in [0, 0.1) is 0 Å². The van der Waals surface area contributed by atoms with Crippen molar-refractivity contribution < 1.29 is 4.79 Å². The van der Waals surface area contributed by atoms with Crippen molar-refractivity contribution in [3.8, 4) is 0 Å². The summed E-state index contributed by atoms with van der Waals surface area (Å²) in [4.78, 5) is 10.7. The van der Waals surface area contributed by atoms with E-state index in [1.807, 2.05) is 19.9 Å². The van der Waals surface area contributed by atoms with Crippen molar-refractivity contribution in [2.24, 2.45) is 0 Å². The first-order valence-corrected chi connectivity index (χ1v) is 3.99. The number of hydrogen-bond acceptors (Lipinski definition) is 1. The third-order valence-corrected chi connectivity index (χ3v) is 1.50. The van der Waals surface area contributed by atoms with Gasteiger partial charge in [-0.25, -0.2) is 0 Å². The summed E-state index contributed by atoms with van der Waals surface area (Å²) in [7, 11) is 0. The highest BCUT2D eigenvalue weighted by atomic mass is 16.1. The predicted molar refractivity (Wildman–Crippen MR) is 48.5 cm³/mol. The van der Waals surface area contributed by atoms with Gasteiger partial charge in [0.15, 0.2) is 5.78 Å². The Balaban J connectivity index is 0.000000292. The summed E-state index contributed by atoms with van der Waals surface area (Å²) in [6, 6.07) is 0. The molecule has 1 nitrogen and oxygen atoms in total. The molecule has 0 amide bonds. The van der Waals surface area contributed by atoms with Gasteiger partial charge in [0, 0.05) is 6.42 Å². The molecular weight excluding hydrogens is 136 g/mol. The largest absolute Gasteiger partial charge is 0.295 e. The quantitative estimate of drug-likeness (QED) is 0.488. The van der Waals surface area contributed by atoms with Crippen molar-refractivity contribution in [1.82, 2.24) is 0 Å². The van der Waals surface area contributed by atoms with Gasteiger partial charge in [0.05, 0.1) is 0 Å². The Kier molecular flexibility index (Phi) is 5.44. The third kappa shape index (κ3) is 4.54. The van der Waals surface area contributed by atoms with E-state index in [1.165, 1.54) is 0 Å². The Bertz CT molecular complexity index is 166. The van der Waals surface area contributed by atoms with Gasteiger partial charge in [-0.05, 0) is 32.3 Å². The van der Waals surface area contributed by atoms with Gasteiger partial charge >= 0.3 is 0 Å².